The Balaban J connectivity index is 1.70. The van der Waals surface area contributed by atoms with E-state index in [0.717, 1.165) is 24.2 Å². The lowest BCUT2D eigenvalue weighted by Crippen LogP contribution is -2.21. The molecule has 3 aromatic carbocycles. The van der Waals surface area contributed by atoms with Gasteiger partial charge in [0.05, 0.1) is 0 Å². The molecule has 0 heterocycles. The van der Waals surface area contributed by atoms with E-state index in [2.05, 4.69) is 55.5 Å². The van der Waals surface area contributed by atoms with Crippen molar-refractivity contribution >= 4 is 16.6 Å². The maximum absolute atomic E-state index is 12.1. The largest absolute Gasteiger partial charge is 0.489 e. The minimum atomic E-state index is 0.279. The van der Waals surface area contributed by atoms with Gasteiger partial charge in [-0.05, 0) is 52.3 Å². The molecule has 2 nitrogen and oxygen atoms in total. The molecule has 26 heavy (non-hydrogen) atoms. The van der Waals surface area contributed by atoms with Crippen LogP contribution >= 0.6 is 0 Å². The fourth-order valence-electron chi connectivity index (χ4n) is 4.00. The summed E-state index contributed by atoms with van der Waals surface area (Å²) in [6.45, 7) is 2.82. The van der Waals surface area contributed by atoms with Crippen LogP contribution in [0.1, 0.15) is 43.2 Å². The van der Waals surface area contributed by atoms with Gasteiger partial charge in [0.15, 0.2) is 0 Å². The van der Waals surface area contributed by atoms with Crippen molar-refractivity contribution in [1.29, 1.82) is 0 Å². The van der Waals surface area contributed by atoms with Crippen molar-refractivity contribution in [3.63, 3.8) is 0 Å². The highest BCUT2D eigenvalue weighted by Gasteiger charge is 2.29. The summed E-state index contributed by atoms with van der Waals surface area (Å²) in [4.78, 5) is 12.1. The maximum atomic E-state index is 12.1. The molecule has 0 amide bonds. The van der Waals surface area contributed by atoms with E-state index in [4.69, 9.17) is 4.74 Å². The first kappa shape index (κ1) is 16.8. The zero-order valence-electron chi connectivity index (χ0n) is 15.2. The van der Waals surface area contributed by atoms with Gasteiger partial charge >= 0.3 is 0 Å². The molecule has 1 aliphatic rings. The van der Waals surface area contributed by atoms with E-state index in [1.165, 1.54) is 16.3 Å². The van der Waals surface area contributed by atoms with Gasteiger partial charge in [0.25, 0.3) is 0 Å². The van der Waals surface area contributed by atoms with Crippen LogP contribution in [0.3, 0.4) is 0 Å². The number of hydrogen-bond acceptors (Lipinski definition) is 2. The molecule has 0 aliphatic heterocycles. The average Bonchev–Trinajstić information content (AvgIpc) is 2.68. The van der Waals surface area contributed by atoms with E-state index >= 15 is 0 Å². The normalized spacial score (nSPS) is 20.3. The van der Waals surface area contributed by atoms with Gasteiger partial charge < -0.3 is 4.74 Å². The average molecular weight is 344 g/mol. The first-order chi connectivity index (χ1) is 12.7. The van der Waals surface area contributed by atoms with Crippen LogP contribution < -0.4 is 4.74 Å². The highest BCUT2D eigenvalue weighted by molar-refractivity contribution is 5.89. The predicted octanol–water partition coefficient (Wildman–Crippen LogP) is 5.89. The minimum Gasteiger partial charge on any atom is -0.489 e. The summed E-state index contributed by atoms with van der Waals surface area (Å²) >= 11 is 0. The van der Waals surface area contributed by atoms with Gasteiger partial charge in [-0.25, -0.2) is 0 Å². The third-order valence-corrected chi connectivity index (χ3v) is 5.53. The second-order valence-electron chi connectivity index (χ2n) is 7.37. The molecule has 1 aliphatic carbocycles. The lowest BCUT2D eigenvalue weighted by Gasteiger charge is -2.29. The number of rotatable bonds is 4. The van der Waals surface area contributed by atoms with Crippen molar-refractivity contribution in [3.05, 3.63) is 77.9 Å². The molecule has 0 spiro atoms. The Morgan fingerprint density at radius 3 is 2.62 bits per heavy atom. The van der Waals surface area contributed by atoms with Crippen LogP contribution in [0.25, 0.3) is 10.8 Å². The van der Waals surface area contributed by atoms with E-state index in [-0.39, 0.29) is 5.92 Å². The minimum absolute atomic E-state index is 0.279. The van der Waals surface area contributed by atoms with Crippen LogP contribution in [-0.2, 0) is 11.4 Å². The Labute approximate surface area is 154 Å². The van der Waals surface area contributed by atoms with Gasteiger partial charge in [-0.2, -0.15) is 0 Å². The summed E-state index contributed by atoms with van der Waals surface area (Å²) in [6, 6.07) is 22.9. The van der Waals surface area contributed by atoms with Crippen molar-refractivity contribution in [2.24, 2.45) is 5.92 Å². The van der Waals surface area contributed by atoms with Crippen LogP contribution in [0, 0.1) is 5.92 Å². The molecule has 0 saturated heterocycles. The highest BCUT2D eigenvalue weighted by atomic mass is 16.5. The van der Waals surface area contributed by atoms with Gasteiger partial charge in [0, 0.05) is 12.8 Å². The van der Waals surface area contributed by atoms with Crippen LogP contribution in [0.4, 0.5) is 0 Å². The molecule has 4 rings (SSSR count). The summed E-state index contributed by atoms with van der Waals surface area (Å²) in [5.41, 5.74) is 2.41. The molecule has 2 atom stereocenters. The van der Waals surface area contributed by atoms with Gasteiger partial charge in [0.2, 0.25) is 0 Å². The topological polar surface area (TPSA) is 26.3 Å². The monoisotopic (exact) mass is 344 g/mol. The number of fused-ring (bicyclic) bond motifs is 1. The van der Waals surface area contributed by atoms with E-state index in [0.29, 0.717) is 24.7 Å². The Morgan fingerprint density at radius 2 is 1.77 bits per heavy atom. The first-order valence-electron chi connectivity index (χ1n) is 9.42. The molecular weight excluding hydrogens is 320 g/mol. The van der Waals surface area contributed by atoms with Crippen molar-refractivity contribution in [3.8, 4) is 5.75 Å². The predicted molar refractivity (Wildman–Crippen MR) is 105 cm³/mol. The molecule has 0 N–H and O–H groups in total. The Hall–Kier alpha value is -2.61. The van der Waals surface area contributed by atoms with Gasteiger partial charge in [-0.3, -0.25) is 4.79 Å². The van der Waals surface area contributed by atoms with Crippen LogP contribution in [-0.4, -0.2) is 5.78 Å². The molecule has 0 aromatic heterocycles. The van der Waals surface area contributed by atoms with Crippen LogP contribution in [0.2, 0.25) is 0 Å². The molecule has 2 unspecified atom stereocenters. The van der Waals surface area contributed by atoms with E-state index in [9.17, 15) is 4.79 Å². The molecule has 0 bridgehead atoms. The molecule has 0 radical (unpaired) electrons. The van der Waals surface area contributed by atoms with E-state index in [1.807, 2.05) is 18.2 Å². The number of carbonyl (C=O) groups is 1. The van der Waals surface area contributed by atoms with Crippen LogP contribution in [0.15, 0.2) is 66.7 Å². The van der Waals surface area contributed by atoms with Crippen molar-refractivity contribution in [1.82, 2.24) is 0 Å². The van der Waals surface area contributed by atoms with Crippen molar-refractivity contribution < 1.29 is 9.53 Å². The third kappa shape index (κ3) is 3.50. The molecule has 1 fully saturated rings. The summed E-state index contributed by atoms with van der Waals surface area (Å²) in [5.74, 6) is 2.06. The molecule has 132 valence electrons. The van der Waals surface area contributed by atoms with Crippen molar-refractivity contribution in [2.75, 3.05) is 0 Å². The van der Waals surface area contributed by atoms with Gasteiger partial charge in [-0.15, -0.1) is 0 Å². The fourth-order valence-corrected chi connectivity index (χ4v) is 4.00. The fraction of sp³-hybridized carbons (Fsp3) is 0.292. The molecular formula is C24H24O2. The zero-order chi connectivity index (χ0) is 17.9. The summed E-state index contributed by atoms with van der Waals surface area (Å²) in [6.07, 6.45) is 2.35. The molecule has 1 saturated carbocycles. The lowest BCUT2D eigenvalue weighted by atomic mass is 9.74. The highest BCUT2D eigenvalue weighted by Crippen LogP contribution is 2.40. The standard InChI is InChI=1S/C24H24O2/c1-17-11-12-20(25)14-23(17)24-15-21(13-19-9-5-6-10-22(19)24)26-16-18-7-3-2-4-8-18/h2-10,13,15,17,23H,11-12,14,16H2,1H3. The van der Waals surface area contributed by atoms with Gasteiger partial charge in [-0.1, -0.05) is 61.5 Å². The Morgan fingerprint density at radius 1 is 1.00 bits per heavy atom. The number of ether oxygens (including phenoxy) is 1. The number of benzene rings is 3. The lowest BCUT2D eigenvalue weighted by molar-refractivity contribution is -0.121. The number of Topliss-reactive ketones (excluding diaryl/α,β-unsaturated/α-hetero) is 1. The number of carbonyl (C=O) groups excluding carboxylic acids is 1. The molecule has 2 heteroatoms. The number of ketones is 1. The maximum Gasteiger partial charge on any atom is 0.133 e. The smallest absolute Gasteiger partial charge is 0.133 e. The Bertz CT molecular complexity index is 914. The second-order valence-corrected chi connectivity index (χ2v) is 7.37. The SMILES string of the molecule is CC1CCC(=O)CC1c1cc(OCc2ccccc2)cc2ccccc12. The quantitative estimate of drug-likeness (QED) is 0.590. The third-order valence-electron chi connectivity index (χ3n) is 5.53. The van der Waals surface area contributed by atoms with Gasteiger partial charge in [0.1, 0.15) is 18.1 Å². The zero-order valence-corrected chi connectivity index (χ0v) is 15.2. The first-order valence-corrected chi connectivity index (χ1v) is 9.42. The van der Waals surface area contributed by atoms with Crippen molar-refractivity contribution in [2.45, 2.75) is 38.7 Å². The van der Waals surface area contributed by atoms with E-state index < -0.39 is 0 Å². The summed E-state index contributed by atoms with van der Waals surface area (Å²) < 4.78 is 6.11. The summed E-state index contributed by atoms with van der Waals surface area (Å²) in [7, 11) is 0. The Kier molecular flexibility index (Phi) is 4.75. The second kappa shape index (κ2) is 7.33. The number of hydrogen-bond donors (Lipinski definition) is 0. The summed E-state index contributed by atoms with van der Waals surface area (Å²) in [5, 5.41) is 2.42. The van der Waals surface area contributed by atoms with Crippen LogP contribution in [0.5, 0.6) is 5.75 Å². The van der Waals surface area contributed by atoms with E-state index in [1.54, 1.807) is 0 Å². The molecule has 3 aromatic rings.